The molecule has 0 aromatic heterocycles. The molecule has 1 aliphatic heterocycles. The van der Waals surface area contributed by atoms with Gasteiger partial charge >= 0.3 is 0 Å². The average molecular weight is 519 g/mol. The van der Waals surface area contributed by atoms with Crippen molar-refractivity contribution in [2.45, 2.75) is 19.0 Å². The summed E-state index contributed by atoms with van der Waals surface area (Å²) in [5.41, 5.74) is 2.25. The van der Waals surface area contributed by atoms with E-state index in [-0.39, 0.29) is 24.8 Å². The quantitative estimate of drug-likeness (QED) is 0.511. The Kier molecular flexibility index (Phi) is 12.4. The van der Waals surface area contributed by atoms with E-state index in [1.54, 1.807) is 42.7 Å². The highest BCUT2D eigenvalue weighted by Gasteiger charge is 2.23. The third-order valence-electron chi connectivity index (χ3n) is 5.68. The lowest BCUT2D eigenvalue weighted by Gasteiger charge is -2.34. The predicted molar refractivity (Wildman–Crippen MR) is 137 cm³/mol. The third-order valence-corrected chi connectivity index (χ3v) is 5.68. The Hall–Kier alpha value is -2.26. The molecule has 0 radical (unpaired) electrons. The Balaban J connectivity index is 0.00000289. The van der Waals surface area contributed by atoms with Crippen molar-refractivity contribution in [3.63, 3.8) is 0 Å². The van der Waals surface area contributed by atoms with Crippen LogP contribution in [0.1, 0.15) is 11.1 Å². The summed E-state index contributed by atoms with van der Waals surface area (Å²) in [6, 6.07) is 8.35. The van der Waals surface area contributed by atoms with Crippen LogP contribution in [0.15, 0.2) is 24.3 Å². The first-order chi connectivity index (χ1) is 15.6. The zero-order valence-electron chi connectivity index (χ0n) is 20.6. The third kappa shape index (κ3) is 6.88. The lowest BCUT2D eigenvalue weighted by molar-refractivity contribution is 0.191. The molecule has 0 saturated carbocycles. The number of hydrogen-bond acceptors (Lipinski definition) is 8. The lowest BCUT2D eigenvalue weighted by Crippen LogP contribution is -2.51. The van der Waals surface area contributed by atoms with E-state index in [4.69, 9.17) is 28.4 Å². The van der Waals surface area contributed by atoms with Gasteiger partial charge in [-0.3, -0.25) is 4.90 Å². The van der Waals surface area contributed by atoms with Gasteiger partial charge in [-0.2, -0.15) is 0 Å². The van der Waals surface area contributed by atoms with Crippen LogP contribution >= 0.6 is 24.8 Å². The van der Waals surface area contributed by atoms with Crippen LogP contribution in [-0.2, 0) is 13.0 Å². The molecule has 1 fully saturated rings. The van der Waals surface area contributed by atoms with Gasteiger partial charge in [0.15, 0.2) is 23.0 Å². The summed E-state index contributed by atoms with van der Waals surface area (Å²) in [7, 11) is 9.78. The fraction of sp³-hybridized carbons (Fsp3) is 0.500. The van der Waals surface area contributed by atoms with Crippen molar-refractivity contribution in [3.05, 3.63) is 35.4 Å². The van der Waals surface area contributed by atoms with Crippen molar-refractivity contribution in [3.8, 4) is 34.5 Å². The number of nitrogens with zero attached hydrogens (tertiary/aromatic N) is 1. The van der Waals surface area contributed by atoms with Crippen LogP contribution in [0.25, 0.3) is 0 Å². The number of hydrogen-bond donors (Lipinski definition) is 1. The highest BCUT2D eigenvalue weighted by molar-refractivity contribution is 5.85. The van der Waals surface area contributed by atoms with Crippen molar-refractivity contribution in [1.29, 1.82) is 0 Å². The second kappa shape index (κ2) is 14.2. The van der Waals surface area contributed by atoms with Gasteiger partial charge in [0, 0.05) is 32.2 Å². The largest absolute Gasteiger partial charge is 0.493 e. The van der Waals surface area contributed by atoms with Gasteiger partial charge in [0.2, 0.25) is 11.5 Å². The lowest BCUT2D eigenvalue weighted by atomic mass is 10.0. The van der Waals surface area contributed by atoms with Crippen LogP contribution in [-0.4, -0.2) is 73.2 Å². The second-order valence-electron chi connectivity index (χ2n) is 7.66. The summed E-state index contributed by atoms with van der Waals surface area (Å²) in [6.45, 7) is 3.58. The molecule has 1 saturated heterocycles. The molecule has 34 heavy (non-hydrogen) atoms. The van der Waals surface area contributed by atoms with Gasteiger partial charge in [-0.05, 0) is 41.8 Å². The van der Waals surface area contributed by atoms with Gasteiger partial charge in [-0.25, -0.2) is 0 Å². The molecule has 2 aromatic carbocycles. The summed E-state index contributed by atoms with van der Waals surface area (Å²) in [5, 5.41) is 3.63. The fourth-order valence-electron chi connectivity index (χ4n) is 4.20. The van der Waals surface area contributed by atoms with Crippen LogP contribution in [0, 0.1) is 0 Å². The zero-order valence-corrected chi connectivity index (χ0v) is 22.3. The maximum atomic E-state index is 5.50. The molecule has 192 valence electrons. The molecule has 1 unspecified atom stereocenters. The van der Waals surface area contributed by atoms with Crippen LogP contribution in [0.5, 0.6) is 34.5 Å². The number of piperazine rings is 1. The Bertz CT molecular complexity index is 794. The van der Waals surface area contributed by atoms with E-state index in [9.17, 15) is 0 Å². The molecule has 2 aromatic rings. The maximum absolute atomic E-state index is 5.50. The van der Waals surface area contributed by atoms with Gasteiger partial charge in [0.25, 0.3) is 0 Å². The van der Waals surface area contributed by atoms with Crippen molar-refractivity contribution < 1.29 is 28.4 Å². The molecular formula is C24H36Cl2N2O6. The Morgan fingerprint density at radius 3 is 1.56 bits per heavy atom. The van der Waals surface area contributed by atoms with E-state index in [1.807, 2.05) is 24.3 Å². The van der Waals surface area contributed by atoms with Crippen molar-refractivity contribution in [1.82, 2.24) is 10.2 Å². The highest BCUT2D eigenvalue weighted by atomic mass is 35.5. The van der Waals surface area contributed by atoms with Crippen LogP contribution < -0.4 is 33.7 Å². The van der Waals surface area contributed by atoms with E-state index in [1.165, 1.54) is 0 Å². The van der Waals surface area contributed by atoms with Crippen molar-refractivity contribution in [2.75, 3.05) is 62.3 Å². The Labute approximate surface area is 214 Å². The summed E-state index contributed by atoms with van der Waals surface area (Å²) >= 11 is 0. The number of halogens is 2. The smallest absolute Gasteiger partial charge is 0.203 e. The molecule has 0 aliphatic carbocycles. The SMILES string of the molecule is COc1cc(CC2CN(Cc3cc(OC)c(OC)c(OC)c3)CCN2)cc(OC)c1OC.Cl.Cl. The van der Waals surface area contributed by atoms with Gasteiger partial charge in [-0.15, -0.1) is 24.8 Å². The summed E-state index contributed by atoms with van der Waals surface area (Å²) in [6.07, 6.45) is 0.850. The molecule has 1 aliphatic rings. The minimum atomic E-state index is 0. The molecule has 0 amide bonds. The van der Waals surface area contributed by atoms with Crippen molar-refractivity contribution in [2.24, 2.45) is 0 Å². The number of benzene rings is 2. The van der Waals surface area contributed by atoms with E-state index < -0.39 is 0 Å². The van der Waals surface area contributed by atoms with Gasteiger partial charge < -0.3 is 33.7 Å². The maximum Gasteiger partial charge on any atom is 0.203 e. The molecule has 0 bridgehead atoms. The standard InChI is InChI=1S/C24H34N2O6.2ClH/c1-27-19-10-16(11-20(28-2)23(19)31-5)9-18-15-26(8-7-25-18)14-17-12-21(29-3)24(32-6)22(13-17)30-4;;/h10-13,18,25H,7-9,14-15H2,1-6H3;2*1H. The van der Waals surface area contributed by atoms with Crippen molar-refractivity contribution >= 4 is 24.8 Å². The predicted octanol–water partition coefficient (Wildman–Crippen LogP) is 3.60. The van der Waals surface area contributed by atoms with Crippen LogP contribution in [0.2, 0.25) is 0 Å². The van der Waals surface area contributed by atoms with Crippen LogP contribution in [0.4, 0.5) is 0 Å². The van der Waals surface area contributed by atoms with E-state index in [0.29, 0.717) is 40.5 Å². The highest BCUT2D eigenvalue weighted by Crippen LogP contribution is 2.39. The van der Waals surface area contributed by atoms with Gasteiger partial charge in [0.05, 0.1) is 42.7 Å². The number of ether oxygens (including phenoxy) is 6. The molecule has 10 heteroatoms. The van der Waals surface area contributed by atoms with Gasteiger partial charge in [-0.1, -0.05) is 0 Å². The first-order valence-electron chi connectivity index (χ1n) is 10.6. The molecule has 1 N–H and O–H groups in total. The van der Waals surface area contributed by atoms with E-state index in [0.717, 1.165) is 43.7 Å². The summed E-state index contributed by atoms with van der Waals surface area (Å²) in [5.74, 6) is 3.91. The molecule has 1 atom stereocenters. The molecule has 3 rings (SSSR count). The summed E-state index contributed by atoms with van der Waals surface area (Å²) in [4.78, 5) is 2.43. The Morgan fingerprint density at radius 2 is 1.15 bits per heavy atom. The normalized spacial score (nSPS) is 15.4. The van der Waals surface area contributed by atoms with E-state index >= 15 is 0 Å². The number of nitrogens with one attached hydrogen (secondary N) is 1. The number of rotatable bonds is 10. The summed E-state index contributed by atoms with van der Waals surface area (Å²) < 4.78 is 32.9. The number of methoxy groups -OCH3 is 6. The average Bonchev–Trinajstić information content (AvgIpc) is 2.82. The van der Waals surface area contributed by atoms with Gasteiger partial charge in [0.1, 0.15) is 0 Å². The minimum absolute atomic E-state index is 0. The monoisotopic (exact) mass is 518 g/mol. The minimum Gasteiger partial charge on any atom is -0.493 e. The zero-order chi connectivity index (χ0) is 23.1. The first kappa shape index (κ1) is 29.8. The molecule has 8 nitrogen and oxygen atoms in total. The molecule has 0 spiro atoms. The fourth-order valence-corrected chi connectivity index (χ4v) is 4.20. The topological polar surface area (TPSA) is 70.7 Å². The molecule has 1 heterocycles. The molecular weight excluding hydrogens is 483 g/mol. The first-order valence-corrected chi connectivity index (χ1v) is 10.6. The Morgan fingerprint density at radius 1 is 0.706 bits per heavy atom. The van der Waals surface area contributed by atoms with Crippen LogP contribution in [0.3, 0.4) is 0 Å². The van der Waals surface area contributed by atoms with E-state index in [2.05, 4.69) is 10.2 Å². The second-order valence-corrected chi connectivity index (χ2v) is 7.66.